The molecule has 0 fully saturated rings. The Bertz CT molecular complexity index is 1200. The minimum Gasteiger partial charge on any atom is -0.497 e. The summed E-state index contributed by atoms with van der Waals surface area (Å²) in [6, 6.07) is 14.9. The quantitative estimate of drug-likeness (QED) is 0.515. The van der Waals surface area contributed by atoms with Gasteiger partial charge in [-0.25, -0.2) is 14.8 Å². The average molecular weight is 390 g/mol. The second-order valence-corrected chi connectivity index (χ2v) is 6.80. The van der Waals surface area contributed by atoms with E-state index in [1.54, 1.807) is 11.7 Å². The first-order valence-corrected chi connectivity index (χ1v) is 9.45. The van der Waals surface area contributed by atoms with Gasteiger partial charge in [-0.2, -0.15) is 0 Å². The summed E-state index contributed by atoms with van der Waals surface area (Å²) in [6.45, 7) is 3.80. The molecule has 0 radical (unpaired) electrons. The van der Waals surface area contributed by atoms with Crippen molar-refractivity contribution in [3.05, 3.63) is 54.1 Å². The second-order valence-electron chi connectivity index (χ2n) is 6.80. The Morgan fingerprint density at radius 1 is 1.10 bits per heavy atom. The zero-order valence-electron chi connectivity index (χ0n) is 16.5. The fourth-order valence-electron chi connectivity index (χ4n) is 3.18. The summed E-state index contributed by atoms with van der Waals surface area (Å²) in [5.74, 6) is 0.462. The Morgan fingerprint density at radius 3 is 2.38 bits per heavy atom. The molecular weight excluding hydrogens is 368 g/mol. The van der Waals surface area contributed by atoms with Crippen molar-refractivity contribution >= 4 is 34.0 Å². The molecule has 4 rings (SSSR count). The monoisotopic (exact) mass is 390 g/mol. The number of carbonyl (C=O) groups excluding carboxylic acids is 1. The molecule has 0 aliphatic heterocycles. The molecule has 0 spiro atoms. The molecule has 0 saturated heterocycles. The summed E-state index contributed by atoms with van der Waals surface area (Å²) in [6.07, 6.45) is 0.479. The number of anilines is 1. The fourth-order valence-corrected chi connectivity index (χ4v) is 3.18. The van der Waals surface area contributed by atoms with Gasteiger partial charge in [-0.15, -0.1) is 0 Å². The number of hydrogen-bond donors (Lipinski definition) is 1. The molecule has 1 unspecified atom stereocenters. The van der Waals surface area contributed by atoms with Gasteiger partial charge in [-0.3, -0.25) is 4.57 Å². The van der Waals surface area contributed by atoms with Crippen molar-refractivity contribution in [2.45, 2.75) is 26.4 Å². The maximum absolute atomic E-state index is 12.9. The Balaban J connectivity index is 1.99. The van der Waals surface area contributed by atoms with Crippen LogP contribution in [0.4, 0.5) is 5.82 Å². The number of nitrogens with two attached hydrogens (primary N) is 1. The molecule has 7 nitrogen and oxygen atoms in total. The summed E-state index contributed by atoms with van der Waals surface area (Å²) < 4.78 is 12.5. The van der Waals surface area contributed by atoms with E-state index >= 15 is 0 Å². The van der Waals surface area contributed by atoms with Gasteiger partial charge < -0.3 is 15.2 Å². The Kier molecular flexibility index (Phi) is 4.80. The molecule has 0 bridgehead atoms. The molecule has 7 heteroatoms. The third-order valence-electron chi connectivity index (χ3n) is 4.92. The lowest BCUT2D eigenvalue weighted by atomic mass is 10.2. The van der Waals surface area contributed by atoms with Gasteiger partial charge in [0, 0.05) is 5.69 Å². The zero-order chi connectivity index (χ0) is 20.5. The number of carbonyl (C=O) groups is 1. The van der Waals surface area contributed by atoms with Crippen molar-refractivity contribution in [2.24, 2.45) is 0 Å². The van der Waals surface area contributed by atoms with Crippen LogP contribution in [-0.4, -0.2) is 33.7 Å². The number of ether oxygens (including phenoxy) is 2. The van der Waals surface area contributed by atoms with E-state index < -0.39 is 5.97 Å². The number of nitrogens with zero attached hydrogens (tertiary/aromatic N) is 3. The number of hydrogen-bond acceptors (Lipinski definition) is 6. The van der Waals surface area contributed by atoms with Crippen molar-refractivity contribution in [1.82, 2.24) is 14.5 Å². The molecule has 2 aromatic heterocycles. The number of methoxy groups -OCH3 is 1. The van der Waals surface area contributed by atoms with Gasteiger partial charge in [0.25, 0.3) is 0 Å². The first kappa shape index (κ1) is 18.7. The van der Waals surface area contributed by atoms with Crippen molar-refractivity contribution in [3.63, 3.8) is 0 Å². The number of rotatable bonds is 5. The molecule has 148 valence electrons. The van der Waals surface area contributed by atoms with Crippen molar-refractivity contribution in [3.8, 4) is 11.4 Å². The highest BCUT2D eigenvalue weighted by Crippen LogP contribution is 2.32. The SMILES string of the molecule is CCC(C)OC(=O)c1c(N)n(-c2ccc(OC)cc2)c2nc3ccccc3nc12. The van der Waals surface area contributed by atoms with E-state index in [-0.39, 0.29) is 17.5 Å². The van der Waals surface area contributed by atoms with Gasteiger partial charge in [0.05, 0.1) is 24.2 Å². The summed E-state index contributed by atoms with van der Waals surface area (Å²) in [4.78, 5) is 22.4. The van der Waals surface area contributed by atoms with Gasteiger partial charge in [0.2, 0.25) is 0 Å². The predicted octanol–water partition coefficient (Wildman–Crippen LogP) is 4.12. The van der Waals surface area contributed by atoms with Gasteiger partial charge >= 0.3 is 5.97 Å². The second kappa shape index (κ2) is 7.43. The van der Waals surface area contributed by atoms with E-state index in [2.05, 4.69) is 4.98 Å². The van der Waals surface area contributed by atoms with Gasteiger partial charge in [-0.05, 0) is 49.7 Å². The standard InChI is InChI=1S/C22H22N4O3/c1-4-13(2)29-22(27)18-19-21(25-17-8-6-5-7-16(17)24-19)26(20(18)23)14-9-11-15(28-3)12-10-14/h5-13H,4,23H2,1-3H3. The lowest BCUT2D eigenvalue weighted by Gasteiger charge is -2.11. The van der Waals surface area contributed by atoms with Crippen LogP contribution < -0.4 is 10.5 Å². The number of nitrogen functional groups attached to an aromatic ring is 1. The first-order chi connectivity index (χ1) is 14.0. The predicted molar refractivity (Wildman–Crippen MR) is 113 cm³/mol. The van der Waals surface area contributed by atoms with Crippen molar-refractivity contribution in [1.29, 1.82) is 0 Å². The summed E-state index contributed by atoms with van der Waals surface area (Å²) in [5, 5.41) is 0. The molecule has 2 aromatic carbocycles. The van der Waals surface area contributed by atoms with E-state index in [4.69, 9.17) is 20.2 Å². The topological polar surface area (TPSA) is 92.3 Å². The minimum atomic E-state index is -0.501. The van der Waals surface area contributed by atoms with Gasteiger partial charge in [-0.1, -0.05) is 19.1 Å². The van der Waals surface area contributed by atoms with Crippen molar-refractivity contribution in [2.75, 3.05) is 12.8 Å². The summed E-state index contributed by atoms with van der Waals surface area (Å²) in [7, 11) is 1.61. The van der Waals surface area contributed by atoms with Crippen LogP contribution in [0.25, 0.3) is 27.9 Å². The van der Waals surface area contributed by atoms with Crippen LogP contribution in [0.3, 0.4) is 0 Å². The summed E-state index contributed by atoms with van der Waals surface area (Å²) in [5.41, 5.74) is 9.76. The van der Waals surface area contributed by atoms with Crippen LogP contribution in [0.2, 0.25) is 0 Å². The molecular formula is C22H22N4O3. The normalized spacial score (nSPS) is 12.2. The smallest absolute Gasteiger partial charge is 0.344 e. The molecule has 2 N–H and O–H groups in total. The number of fused-ring (bicyclic) bond motifs is 2. The number of para-hydroxylation sites is 2. The minimum absolute atomic E-state index is 0.227. The Labute approximate surface area is 168 Å². The van der Waals surface area contributed by atoms with Gasteiger partial charge in [0.1, 0.15) is 22.6 Å². The maximum Gasteiger partial charge on any atom is 0.344 e. The molecule has 2 heterocycles. The lowest BCUT2D eigenvalue weighted by Crippen LogP contribution is -2.15. The van der Waals surface area contributed by atoms with Crippen LogP contribution in [0.5, 0.6) is 5.75 Å². The van der Waals surface area contributed by atoms with Crippen LogP contribution in [-0.2, 0) is 4.74 Å². The molecule has 29 heavy (non-hydrogen) atoms. The first-order valence-electron chi connectivity index (χ1n) is 9.45. The highest BCUT2D eigenvalue weighted by molar-refractivity contribution is 6.09. The molecule has 0 saturated carbocycles. The van der Waals surface area contributed by atoms with E-state index in [1.165, 1.54) is 0 Å². The van der Waals surface area contributed by atoms with Crippen LogP contribution in [0, 0.1) is 0 Å². The summed E-state index contributed by atoms with van der Waals surface area (Å²) >= 11 is 0. The van der Waals surface area contributed by atoms with E-state index in [9.17, 15) is 4.79 Å². The van der Waals surface area contributed by atoms with Crippen molar-refractivity contribution < 1.29 is 14.3 Å². The molecule has 1 atom stereocenters. The lowest BCUT2D eigenvalue weighted by molar-refractivity contribution is 0.0338. The molecule has 0 aliphatic rings. The third-order valence-corrected chi connectivity index (χ3v) is 4.92. The van der Waals surface area contributed by atoms with Crippen LogP contribution in [0.15, 0.2) is 48.5 Å². The van der Waals surface area contributed by atoms with E-state index in [0.717, 1.165) is 11.4 Å². The molecule has 0 aliphatic carbocycles. The highest BCUT2D eigenvalue weighted by atomic mass is 16.5. The third kappa shape index (κ3) is 3.24. The number of aromatic nitrogens is 3. The number of esters is 1. The van der Waals surface area contributed by atoms with Crippen LogP contribution in [0.1, 0.15) is 30.6 Å². The van der Waals surface area contributed by atoms with Gasteiger partial charge in [0.15, 0.2) is 5.65 Å². The fraction of sp³-hybridized carbons (Fsp3) is 0.227. The Morgan fingerprint density at radius 2 is 1.76 bits per heavy atom. The van der Waals surface area contributed by atoms with E-state index in [1.807, 2.05) is 62.4 Å². The Hall–Kier alpha value is -3.61. The van der Waals surface area contributed by atoms with E-state index in [0.29, 0.717) is 28.6 Å². The molecule has 4 aromatic rings. The number of benzene rings is 2. The maximum atomic E-state index is 12.9. The van der Waals surface area contributed by atoms with Crippen LogP contribution >= 0.6 is 0 Å². The average Bonchev–Trinajstić information content (AvgIpc) is 3.02. The molecule has 0 amide bonds. The highest BCUT2D eigenvalue weighted by Gasteiger charge is 2.26. The largest absolute Gasteiger partial charge is 0.497 e. The zero-order valence-corrected chi connectivity index (χ0v) is 16.5.